The van der Waals surface area contributed by atoms with Crippen molar-refractivity contribution in [2.75, 3.05) is 6.54 Å². The van der Waals surface area contributed by atoms with Crippen molar-refractivity contribution in [3.8, 4) is 0 Å². The quantitative estimate of drug-likeness (QED) is 0.871. The molecular weight excluding hydrogens is 273 g/mol. The highest BCUT2D eigenvalue weighted by molar-refractivity contribution is 6.62. The second-order valence-electron chi connectivity index (χ2n) is 7.45. The van der Waals surface area contributed by atoms with Crippen LogP contribution in [-0.4, -0.2) is 24.9 Å². The van der Waals surface area contributed by atoms with E-state index in [0.29, 0.717) is 5.92 Å². The first-order valence-electron chi connectivity index (χ1n) is 8.55. The fraction of sp³-hybridized carbons (Fsp3) is 0.667. The maximum atomic E-state index is 6.46. The molecule has 0 radical (unpaired) electrons. The molecule has 2 aliphatic rings. The topological polar surface area (TPSA) is 30.5 Å². The van der Waals surface area contributed by atoms with Gasteiger partial charge in [-0.1, -0.05) is 38.5 Å². The molecule has 3 nitrogen and oxygen atoms in total. The molecule has 0 amide bonds. The van der Waals surface area contributed by atoms with E-state index in [1.807, 2.05) is 0 Å². The average Bonchev–Trinajstić information content (AvgIpc) is 2.77. The van der Waals surface area contributed by atoms with Crippen molar-refractivity contribution < 1.29 is 9.31 Å². The summed E-state index contributed by atoms with van der Waals surface area (Å²) in [4.78, 5) is 0. The van der Waals surface area contributed by atoms with Gasteiger partial charge in [0, 0.05) is 6.54 Å². The molecule has 0 aromatic heterocycles. The van der Waals surface area contributed by atoms with Crippen LogP contribution in [0.1, 0.15) is 52.2 Å². The minimum absolute atomic E-state index is 0.255. The molecule has 1 N–H and O–H groups in total. The lowest BCUT2D eigenvalue weighted by Crippen LogP contribution is -2.49. The fourth-order valence-electron chi connectivity index (χ4n) is 3.65. The van der Waals surface area contributed by atoms with E-state index in [2.05, 4.69) is 58.1 Å². The lowest BCUT2D eigenvalue weighted by atomic mass is 9.76. The monoisotopic (exact) mass is 301 g/mol. The fourth-order valence-corrected chi connectivity index (χ4v) is 3.65. The van der Waals surface area contributed by atoms with Crippen LogP contribution in [0.4, 0.5) is 0 Å². The number of nitrogens with one attached hydrogen (secondary N) is 1. The van der Waals surface area contributed by atoms with Gasteiger partial charge in [-0.15, -0.1) is 0 Å². The standard InChI is InChI=1S/C18H28BNO2/c1-6-13(2)18(5)17(3,4)21-19(22-18)16-8-7-15-12-20-10-9-14(15)11-16/h7-8,11,13,20H,6,9-10,12H2,1-5H3. The van der Waals surface area contributed by atoms with Gasteiger partial charge in [-0.3, -0.25) is 0 Å². The number of hydrogen-bond donors (Lipinski definition) is 1. The summed E-state index contributed by atoms with van der Waals surface area (Å²) >= 11 is 0. The van der Waals surface area contributed by atoms with Crippen LogP contribution in [-0.2, 0) is 22.3 Å². The van der Waals surface area contributed by atoms with Gasteiger partial charge in [-0.25, -0.2) is 0 Å². The highest BCUT2D eigenvalue weighted by Crippen LogP contribution is 2.43. The molecule has 2 aliphatic heterocycles. The van der Waals surface area contributed by atoms with E-state index < -0.39 is 0 Å². The molecule has 4 heteroatoms. The van der Waals surface area contributed by atoms with Gasteiger partial charge in [-0.2, -0.15) is 0 Å². The first-order chi connectivity index (χ1) is 10.4. The molecule has 0 saturated carbocycles. The van der Waals surface area contributed by atoms with Crippen LogP contribution in [0.2, 0.25) is 0 Å². The Balaban J connectivity index is 1.88. The molecule has 22 heavy (non-hydrogen) atoms. The first-order valence-corrected chi connectivity index (χ1v) is 8.55. The zero-order chi connectivity index (χ0) is 16.0. The van der Waals surface area contributed by atoms with E-state index in [1.54, 1.807) is 0 Å². The molecule has 2 atom stereocenters. The Morgan fingerprint density at radius 1 is 1.23 bits per heavy atom. The van der Waals surface area contributed by atoms with Crippen LogP contribution in [0.5, 0.6) is 0 Å². The highest BCUT2D eigenvalue weighted by Gasteiger charge is 2.56. The van der Waals surface area contributed by atoms with Crippen molar-refractivity contribution in [2.24, 2.45) is 5.92 Å². The van der Waals surface area contributed by atoms with E-state index in [0.717, 1.165) is 31.4 Å². The van der Waals surface area contributed by atoms with Gasteiger partial charge < -0.3 is 14.6 Å². The average molecular weight is 301 g/mol. The summed E-state index contributed by atoms with van der Waals surface area (Å²) < 4.78 is 12.8. The smallest absolute Gasteiger partial charge is 0.399 e. The number of fused-ring (bicyclic) bond motifs is 1. The molecule has 0 spiro atoms. The molecule has 0 aliphatic carbocycles. The number of rotatable bonds is 3. The summed E-state index contributed by atoms with van der Waals surface area (Å²) in [5.41, 5.74) is 3.44. The lowest BCUT2D eigenvalue weighted by Gasteiger charge is -2.41. The van der Waals surface area contributed by atoms with Gasteiger partial charge in [0.05, 0.1) is 11.2 Å². The van der Waals surface area contributed by atoms with Crippen LogP contribution in [0.3, 0.4) is 0 Å². The Kier molecular flexibility index (Phi) is 4.13. The third kappa shape index (κ3) is 2.51. The number of hydrogen-bond acceptors (Lipinski definition) is 3. The van der Waals surface area contributed by atoms with Crippen molar-refractivity contribution in [1.29, 1.82) is 0 Å². The Morgan fingerprint density at radius 2 is 2.00 bits per heavy atom. The van der Waals surface area contributed by atoms with E-state index in [4.69, 9.17) is 9.31 Å². The van der Waals surface area contributed by atoms with Gasteiger partial charge in [0.15, 0.2) is 0 Å². The van der Waals surface area contributed by atoms with E-state index in [1.165, 1.54) is 11.1 Å². The molecule has 2 heterocycles. The molecule has 120 valence electrons. The molecule has 1 aromatic rings. The molecule has 2 unspecified atom stereocenters. The molecule has 1 aromatic carbocycles. The van der Waals surface area contributed by atoms with E-state index >= 15 is 0 Å². The van der Waals surface area contributed by atoms with Gasteiger partial charge in [0.2, 0.25) is 0 Å². The zero-order valence-electron chi connectivity index (χ0n) is 14.5. The van der Waals surface area contributed by atoms with Crippen molar-refractivity contribution in [2.45, 2.75) is 65.2 Å². The molecule has 1 saturated heterocycles. The molecular formula is C18H28BNO2. The highest BCUT2D eigenvalue weighted by atomic mass is 16.7. The third-order valence-corrected chi connectivity index (χ3v) is 5.89. The van der Waals surface area contributed by atoms with Crippen molar-refractivity contribution in [3.63, 3.8) is 0 Å². The van der Waals surface area contributed by atoms with Crippen molar-refractivity contribution >= 4 is 12.6 Å². The van der Waals surface area contributed by atoms with Gasteiger partial charge in [0.25, 0.3) is 0 Å². The number of benzene rings is 1. The SMILES string of the molecule is CCC(C)C1(C)OB(c2ccc3c(c2)CCNC3)OC1(C)C. The maximum absolute atomic E-state index is 6.46. The Labute approximate surface area is 134 Å². The predicted molar refractivity (Wildman–Crippen MR) is 91.3 cm³/mol. The normalized spacial score (nSPS) is 28.5. The molecule has 3 rings (SSSR count). The van der Waals surface area contributed by atoms with Crippen LogP contribution >= 0.6 is 0 Å². The van der Waals surface area contributed by atoms with Gasteiger partial charge in [-0.05, 0) is 56.2 Å². The lowest BCUT2D eigenvalue weighted by molar-refractivity contribution is -0.0499. The van der Waals surface area contributed by atoms with E-state index in [-0.39, 0.29) is 18.3 Å². The van der Waals surface area contributed by atoms with Crippen LogP contribution in [0.25, 0.3) is 0 Å². The van der Waals surface area contributed by atoms with E-state index in [9.17, 15) is 0 Å². The largest absolute Gasteiger partial charge is 0.494 e. The second-order valence-corrected chi connectivity index (χ2v) is 7.45. The summed E-state index contributed by atoms with van der Waals surface area (Å²) in [5, 5.41) is 3.42. The van der Waals surface area contributed by atoms with Gasteiger partial charge in [0.1, 0.15) is 0 Å². The molecule has 0 bridgehead atoms. The maximum Gasteiger partial charge on any atom is 0.494 e. The summed E-state index contributed by atoms with van der Waals surface area (Å²) in [6.07, 6.45) is 2.17. The minimum atomic E-state index is -0.287. The Hall–Kier alpha value is -0.835. The van der Waals surface area contributed by atoms with Gasteiger partial charge >= 0.3 is 7.12 Å². The van der Waals surface area contributed by atoms with Crippen LogP contribution < -0.4 is 10.8 Å². The predicted octanol–water partition coefficient (Wildman–Crippen LogP) is 2.66. The zero-order valence-corrected chi connectivity index (χ0v) is 14.5. The Bertz CT molecular complexity index is 560. The summed E-state index contributed by atoms with van der Waals surface area (Å²) in [6, 6.07) is 6.66. The Morgan fingerprint density at radius 3 is 2.73 bits per heavy atom. The van der Waals surface area contributed by atoms with Crippen LogP contribution in [0, 0.1) is 5.92 Å². The minimum Gasteiger partial charge on any atom is -0.399 e. The van der Waals surface area contributed by atoms with Crippen LogP contribution in [0.15, 0.2) is 18.2 Å². The first kappa shape index (κ1) is 16.0. The summed E-state index contributed by atoms with van der Waals surface area (Å²) in [6.45, 7) is 13.0. The second kappa shape index (κ2) is 5.66. The third-order valence-electron chi connectivity index (χ3n) is 5.89. The van der Waals surface area contributed by atoms with Crippen molar-refractivity contribution in [1.82, 2.24) is 5.32 Å². The summed E-state index contributed by atoms with van der Waals surface area (Å²) in [5.74, 6) is 0.453. The summed E-state index contributed by atoms with van der Waals surface area (Å²) in [7, 11) is -0.255. The molecule has 1 fully saturated rings. The van der Waals surface area contributed by atoms with Crippen molar-refractivity contribution in [3.05, 3.63) is 29.3 Å².